The van der Waals surface area contributed by atoms with Crippen molar-refractivity contribution >= 4 is 25.8 Å². The maximum absolute atomic E-state index is 14.0. The van der Waals surface area contributed by atoms with E-state index in [1.54, 1.807) is 18.7 Å². The standard InChI is InChI=1S/C19H28FN3O5S2/c1-14(2)18(21-30(27,28)17-6-4-3-5-16(17)20)19(24)23-10-8-22(9-11-23)15-7-12-29(25,26)13-15/h3-6,14-15,18,21H,7-13H2,1-2H3/t15?,18-/m0/s1. The van der Waals surface area contributed by atoms with Crippen molar-refractivity contribution in [2.24, 2.45) is 5.92 Å². The van der Waals surface area contributed by atoms with Gasteiger partial charge in [0.1, 0.15) is 16.8 Å². The van der Waals surface area contributed by atoms with Gasteiger partial charge in [-0.25, -0.2) is 21.2 Å². The number of halogens is 1. The number of sulfone groups is 1. The number of carbonyl (C=O) groups excluding carboxylic acids is 1. The van der Waals surface area contributed by atoms with Crippen LogP contribution in [-0.4, -0.2) is 82.3 Å². The molecule has 0 bridgehead atoms. The summed E-state index contributed by atoms with van der Waals surface area (Å²) in [6.07, 6.45) is 0.605. The van der Waals surface area contributed by atoms with Crippen molar-refractivity contribution in [1.82, 2.24) is 14.5 Å². The van der Waals surface area contributed by atoms with Gasteiger partial charge in [0, 0.05) is 32.2 Å². The monoisotopic (exact) mass is 461 g/mol. The lowest BCUT2D eigenvalue weighted by atomic mass is 10.0. The molecule has 3 rings (SSSR count). The van der Waals surface area contributed by atoms with Gasteiger partial charge in [-0.2, -0.15) is 4.72 Å². The van der Waals surface area contributed by atoms with Crippen LogP contribution in [0.3, 0.4) is 0 Å². The molecule has 0 aromatic heterocycles. The molecule has 11 heteroatoms. The van der Waals surface area contributed by atoms with Crippen LogP contribution in [-0.2, 0) is 24.7 Å². The number of rotatable bonds is 6. The first-order chi connectivity index (χ1) is 14.0. The van der Waals surface area contributed by atoms with Crippen molar-refractivity contribution in [2.45, 2.75) is 37.2 Å². The molecule has 1 amide bonds. The fourth-order valence-corrected chi connectivity index (χ4v) is 7.11. The zero-order chi connectivity index (χ0) is 22.1. The molecule has 0 radical (unpaired) electrons. The summed E-state index contributed by atoms with van der Waals surface area (Å²) in [6.45, 7) is 5.31. The largest absolute Gasteiger partial charge is 0.339 e. The minimum absolute atomic E-state index is 0.0206. The Labute approximate surface area is 177 Å². The minimum atomic E-state index is -4.21. The third-order valence-corrected chi connectivity index (χ3v) is 8.92. The van der Waals surface area contributed by atoms with Gasteiger partial charge in [0.05, 0.1) is 11.5 Å². The molecular weight excluding hydrogens is 433 g/mol. The second kappa shape index (κ2) is 8.89. The highest BCUT2D eigenvalue weighted by Crippen LogP contribution is 2.21. The molecule has 0 aliphatic carbocycles. The number of hydrogen-bond acceptors (Lipinski definition) is 6. The topological polar surface area (TPSA) is 104 Å². The molecule has 168 valence electrons. The Bertz CT molecular complexity index is 989. The number of nitrogens with one attached hydrogen (secondary N) is 1. The fraction of sp³-hybridized carbons (Fsp3) is 0.632. The van der Waals surface area contributed by atoms with Crippen LogP contribution < -0.4 is 4.72 Å². The maximum atomic E-state index is 14.0. The molecular formula is C19H28FN3O5S2. The van der Waals surface area contributed by atoms with Gasteiger partial charge in [0.25, 0.3) is 0 Å². The summed E-state index contributed by atoms with van der Waals surface area (Å²) in [4.78, 5) is 16.2. The van der Waals surface area contributed by atoms with Crippen LogP contribution in [0.25, 0.3) is 0 Å². The van der Waals surface area contributed by atoms with Gasteiger partial charge >= 0.3 is 0 Å². The first-order valence-electron chi connectivity index (χ1n) is 10.0. The van der Waals surface area contributed by atoms with Crippen molar-refractivity contribution in [3.63, 3.8) is 0 Å². The average Bonchev–Trinajstić information content (AvgIpc) is 3.05. The number of nitrogens with zero attached hydrogens (tertiary/aromatic N) is 2. The maximum Gasteiger partial charge on any atom is 0.244 e. The van der Waals surface area contributed by atoms with Crippen LogP contribution >= 0.6 is 0 Å². The third-order valence-electron chi connectivity index (χ3n) is 5.69. The van der Waals surface area contributed by atoms with E-state index in [1.807, 2.05) is 0 Å². The molecule has 0 saturated carbocycles. The Morgan fingerprint density at radius 2 is 1.80 bits per heavy atom. The summed E-state index contributed by atoms with van der Waals surface area (Å²) < 4.78 is 65.1. The summed E-state index contributed by atoms with van der Waals surface area (Å²) in [5.41, 5.74) is 0. The zero-order valence-corrected chi connectivity index (χ0v) is 18.8. The Kier molecular flexibility index (Phi) is 6.85. The van der Waals surface area contributed by atoms with E-state index in [9.17, 15) is 26.0 Å². The molecule has 2 heterocycles. The van der Waals surface area contributed by atoms with E-state index in [2.05, 4.69) is 9.62 Å². The van der Waals surface area contributed by atoms with Crippen LogP contribution in [0.4, 0.5) is 4.39 Å². The lowest BCUT2D eigenvalue weighted by Crippen LogP contribution is -2.57. The van der Waals surface area contributed by atoms with Gasteiger partial charge in [-0.3, -0.25) is 9.69 Å². The quantitative estimate of drug-likeness (QED) is 0.660. The number of piperazine rings is 1. The molecule has 1 unspecified atom stereocenters. The molecule has 1 N–H and O–H groups in total. The number of hydrogen-bond donors (Lipinski definition) is 1. The summed E-state index contributed by atoms with van der Waals surface area (Å²) in [6, 6.07) is 4.00. The Hall–Kier alpha value is -1.56. The predicted molar refractivity (Wildman–Crippen MR) is 111 cm³/mol. The molecule has 2 saturated heterocycles. The molecule has 2 aliphatic rings. The second-order valence-corrected chi connectivity index (χ2v) is 12.1. The normalized spacial score (nSPS) is 23.6. The Balaban J connectivity index is 1.66. The lowest BCUT2D eigenvalue weighted by molar-refractivity contribution is -0.136. The Morgan fingerprint density at radius 1 is 1.17 bits per heavy atom. The van der Waals surface area contributed by atoms with E-state index < -0.39 is 36.6 Å². The molecule has 2 fully saturated rings. The zero-order valence-electron chi connectivity index (χ0n) is 17.1. The molecule has 1 aromatic carbocycles. The highest BCUT2D eigenvalue weighted by atomic mass is 32.2. The van der Waals surface area contributed by atoms with E-state index >= 15 is 0 Å². The van der Waals surface area contributed by atoms with Gasteiger partial charge < -0.3 is 4.90 Å². The summed E-state index contributed by atoms with van der Waals surface area (Å²) >= 11 is 0. The summed E-state index contributed by atoms with van der Waals surface area (Å²) in [5, 5.41) is 0. The van der Waals surface area contributed by atoms with E-state index in [-0.39, 0.29) is 29.4 Å². The van der Waals surface area contributed by atoms with Crippen LogP contribution in [0.5, 0.6) is 0 Å². The molecule has 30 heavy (non-hydrogen) atoms. The number of amides is 1. The molecule has 2 atom stereocenters. The van der Waals surface area contributed by atoms with E-state index in [4.69, 9.17) is 0 Å². The van der Waals surface area contributed by atoms with Crippen molar-refractivity contribution in [3.8, 4) is 0 Å². The fourth-order valence-electron chi connectivity index (χ4n) is 3.93. The highest BCUT2D eigenvalue weighted by molar-refractivity contribution is 7.91. The summed E-state index contributed by atoms with van der Waals surface area (Å²) in [7, 11) is -7.18. The lowest BCUT2D eigenvalue weighted by Gasteiger charge is -2.39. The number of carbonyl (C=O) groups is 1. The van der Waals surface area contributed by atoms with Crippen LogP contribution in [0.15, 0.2) is 29.2 Å². The first kappa shape index (κ1) is 23.1. The van der Waals surface area contributed by atoms with Crippen molar-refractivity contribution in [3.05, 3.63) is 30.1 Å². The van der Waals surface area contributed by atoms with E-state index in [1.165, 1.54) is 12.1 Å². The van der Waals surface area contributed by atoms with Crippen LogP contribution in [0.2, 0.25) is 0 Å². The summed E-state index contributed by atoms with van der Waals surface area (Å²) in [5.74, 6) is -1.22. The second-order valence-electron chi connectivity index (χ2n) is 8.19. The highest BCUT2D eigenvalue weighted by Gasteiger charge is 2.37. The number of benzene rings is 1. The van der Waals surface area contributed by atoms with Gasteiger partial charge in [-0.05, 0) is 24.5 Å². The van der Waals surface area contributed by atoms with Gasteiger partial charge in [0.2, 0.25) is 15.9 Å². The predicted octanol–water partition coefficient (Wildman–Crippen LogP) is 0.460. The number of sulfonamides is 1. The first-order valence-corrected chi connectivity index (χ1v) is 13.3. The van der Waals surface area contributed by atoms with Crippen LogP contribution in [0.1, 0.15) is 20.3 Å². The molecule has 8 nitrogen and oxygen atoms in total. The minimum Gasteiger partial charge on any atom is -0.339 e. The molecule has 1 aromatic rings. The van der Waals surface area contributed by atoms with Crippen molar-refractivity contribution in [2.75, 3.05) is 37.7 Å². The van der Waals surface area contributed by atoms with E-state index in [0.29, 0.717) is 32.6 Å². The van der Waals surface area contributed by atoms with Gasteiger partial charge in [0.15, 0.2) is 9.84 Å². The van der Waals surface area contributed by atoms with Crippen molar-refractivity contribution < 1.29 is 26.0 Å². The van der Waals surface area contributed by atoms with Crippen LogP contribution in [0, 0.1) is 11.7 Å². The molecule has 0 spiro atoms. The average molecular weight is 462 g/mol. The Morgan fingerprint density at radius 3 is 2.33 bits per heavy atom. The van der Waals surface area contributed by atoms with E-state index in [0.717, 1.165) is 12.1 Å². The SMILES string of the molecule is CC(C)[C@H](NS(=O)(=O)c1ccccc1F)C(=O)N1CCN(C2CCS(=O)(=O)C2)CC1. The molecule has 2 aliphatic heterocycles. The van der Waals surface area contributed by atoms with Gasteiger partial charge in [-0.1, -0.05) is 26.0 Å². The smallest absolute Gasteiger partial charge is 0.244 e. The van der Waals surface area contributed by atoms with Gasteiger partial charge in [-0.15, -0.1) is 0 Å². The van der Waals surface area contributed by atoms with Crippen molar-refractivity contribution in [1.29, 1.82) is 0 Å². The third kappa shape index (κ3) is 5.19.